The number of fused-ring (bicyclic) bond motifs is 1. The van der Waals surface area contributed by atoms with Gasteiger partial charge < -0.3 is 5.11 Å². The van der Waals surface area contributed by atoms with E-state index in [0.29, 0.717) is 16.9 Å². The van der Waals surface area contributed by atoms with Crippen molar-refractivity contribution in [1.82, 2.24) is 9.78 Å². The monoisotopic (exact) mass is 345 g/mol. The highest BCUT2D eigenvalue weighted by Gasteiger charge is 2.19. The van der Waals surface area contributed by atoms with Gasteiger partial charge in [-0.1, -0.05) is 42.5 Å². The lowest BCUT2D eigenvalue weighted by atomic mass is 10.0. The van der Waals surface area contributed by atoms with Crippen molar-refractivity contribution >= 4 is 16.5 Å². The van der Waals surface area contributed by atoms with Gasteiger partial charge in [0.2, 0.25) is 0 Å². The SMILES string of the molecule is Cc1cc(-c2c(O)ccc3ccccc23)nn1-c1ccccc1[N+](=O)[O-]. The van der Waals surface area contributed by atoms with Crippen LogP contribution in [0.3, 0.4) is 0 Å². The minimum atomic E-state index is -0.425. The molecule has 26 heavy (non-hydrogen) atoms. The summed E-state index contributed by atoms with van der Waals surface area (Å²) in [4.78, 5) is 10.9. The highest BCUT2D eigenvalue weighted by molar-refractivity contribution is 5.98. The molecule has 6 nitrogen and oxygen atoms in total. The fourth-order valence-corrected chi connectivity index (χ4v) is 3.17. The van der Waals surface area contributed by atoms with E-state index in [2.05, 4.69) is 5.10 Å². The Bertz CT molecular complexity index is 1150. The first kappa shape index (κ1) is 15.8. The van der Waals surface area contributed by atoms with E-state index in [-0.39, 0.29) is 11.4 Å². The van der Waals surface area contributed by atoms with Crippen molar-refractivity contribution in [3.63, 3.8) is 0 Å². The van der Waals surface area contributed by atoms with E-state index < -0.39 is 4.92 Å². The smallest absolute Gasteiger partial charge is 0.294 e. The fraction of sp³-hybridized carbons (Fsp3) is 0.0500. The molecule has 3 aromatic carbocycles. The molecule has 0 fully saturated rings. The maximum Gasteiger partial charge on any atom is 0.294 e. The van der Waals surface area contributed by atoms with E-state index >= 15 is 0 Å². The van der Waals surface area contributed by atoms with Crippen LogP contribution in [0.1, 0.15) is 5.69 Å². The van der Waals surface area contributed by atoms with Gasteiger partial charge in [0, 0.05) is 11.8 Å². The van der Waals surface area contributed by atoms with Gasteiger partial charge in [0.25, 0.3) is 5.69 Å². The summed E-state index contributed by atoms with van der Waals surface area (Å²) >= 11 is 0. The van der Waals surface area contributed by atoms with Gasteiger partial charge in [-0.05, 0) is 35.9 Å². The Kier molecular flexibility index (Phi) is 3.65. The lowest BCUT2D eigenvalue weighted by Gasteiger charge is -2.07. The van der Waals surface area contributed by atoms with Crippen LogP contribution >= 0.6 is 0 Å². The first-order chi connectivity index (χ1) is 12.6. The van der Waals surface area contributed by atoms with E-state index in [4.69, 9.17) is 0 Å². The molecule has 4 aromatic rings. The van der Waals surface area contributed by atoms with Crippen molar-refractivity contribution in [1.29, 1.82) is 0 Å². The summed E-state index contributed by atoms with van der Waals surface area (Å²) in [5.41, 5.74) is 2.29. The predicted molar refractivity (Wildman–Crippen MR) is 99.6 cm³/mol. The zero-order chi connectivity index (χ0) is 18.3. The number of nitro benzene ring substituents is 1. The molecule has 0 aliphatic carbocycles. The third-order valence-corrected chi connectivity index (χ3v) is 4.36. The first-order valence-electron chi connectivity index (χ1n) is 8.08. The molecule has 0 spiro atoms. The van der Waals surface area contributed by atoms with E-state index in [9.17, 15) is 15.2 Å². The highest BCUT2D eigenvalue weighted by atomic mass is 16.6. The Hall–Kier alpha value is -3.67. The average Bonchev–Trinajstić information content (AvgIpc) is 3.02. The van der Waals surface area contributed by atoms with Crippen molar-refractivity contribution in [2.24, 2.45) is 0 Å². The summed E-state index contributed by atoms with van der Waals surface area (Å²) in [6.07, 6.45) is 0. The van der Waals surface area contributed by atoms with Gasteiger partial charge in [0.1, 0.15) is 11.4 Å². The Labute approximate surface area is 149 Å². The van der Waals surface area contributed by atoms with Gasteiger partial charge in [-0.3, -0.25) is 10.1 Å². The molecular weight excluding hydrogens is 330 g/mol. The number of aryl methyl sites for hydroxylation is 1. The van der Waals surface area contributed by atoms with Crippen LogP contribution in [-0.4, -0.2) is 19.8 Å². The van der Waals surface area contributed by atoms with Gasteiger partial charge in [-0.15, -0.1) is 0 Å². The number of rotatable bonds is 3. The van der Waals surface area contributed by atoms with E-state index in [0.717, 1.165) is 16.5 Å². The standard InChI is InChI=1S/C20H15N3O3/c1-13-12-16(20-15-7-3-2-6-14(15)10-11-19(20)24)21-22(13)17-8-4-5-9-18(17)23(25)26/h2-12,24H,1H3. The molecule has 0 aliphatic heterocycles. The topological polar surface area (TPSA) is 81.2 Å². The maximum atomic E-state index is 11.3. The molecule has 0 atom stereocenters. The van der Waals surface area contributed by atoms with Crippen molar-refractivity contribution < 1.29 is 10.0 Å². The molecule has 0 amide bonds. The normalized spacial score (nSPS) is 11.0. The van der Waals surface area contributed by atoms with Crippen LogP contribution in [0.2, 0.25) is 0 Å². The molecule has 128 valence electrons. The van der Waals surface area contributed by atoms with E-state index in [1.807, 2.05) is 43.3 Å². The molecule has 1 heterocycles. The first-order valence-corrected chi connectivity index (χ1v) is 8.08. The number of nitro groups is 1. The number of phenolic OH excluding ortho intramolecular Hbond substituents is 1. The number of aromatic hydroxyl groups is 1. The highest BCUT2D eigenvalue weighted by Crippen LogP contribution is 2.36. The number of benzene rings is 3. The molecule has 0 bridgehead atoms. The van der Waals surface area contributed by atoms with Crippen molar-refractivity contribution in [2.45, 2.75) is 6.92 Å². The zero-order valence-electron chi connectivity index (χ0n) is 14.0. The quantitative estimate of drug-likeness (QED) is 0.434. The summed E-state index contributed by atoms with van der Waals surface area (Å²) in [7, 11) is 0. The minimum absolute atomic E-state index is 0.0209. The Morgan fingerprint density at radius 3 is 2.58 bits per heavy atom. The molecular formula is C20H15N3O3. The van der Waals surface area contributed by atoms with Gasteiger partial charge in [0.15, 0.2) is 0 Å². The van der Waals surface area contributed by atoms with Crippen LogP contribution in [-0.2, 0) is 0 Å². The predicted octanol–water partition coefficient (Wildman–Crippen LogP) is 4.61. The molecule has 0 aliphatic rings. The molecule has 1 aromatic heterocycles. The zero-order valence-corrected chi connectivity index (χ0v) is 14.0. The third-order valence-electron chi connectivity index (χ3n) is 4.36. The minimum Gasteiger partial charge on any atom is -0.507 e. The number of hydrogen-bond donors (Lipinski definition) is 1. The van der Waals surface area contributed by atoms with Crippen molar-refractivity contribution in [2.75, 3.05) is 0 Å². The molecule has 0 saturated carbocycles. The Balaban J connectivity index is 1.95. The van der Waals surface area contributed by atoms with Crippen LogP contribution in [0.25, 0.3) is 27.7 Å². The lowest BCUT2D eigenvalue weighted by molar-refractivity contribution is -0.384. The Morgan fingerprint density at radius 1 is 1.04 bits per heavy atom. The van der Waals surface area contributed by atoms with Crippen LogP contribution in [0.4, 0.5) is 5.69 Å². The maximum absolute atomic E-state index is 11.3. The van der Waals surface area contributed by atoms with Gasteiger partial charge in [-0.2, -0.15) is 5.10 Å². The largest absolute Gasteiger partial charge is 0.507 e. The number of aromatic nitrogens is 2. The van der Waals surface area contributed by atoms with Crippen LogP contribution in [0.5, 0.6) is 5.75 Å². The number of nitrogens with zero attached hydrogens (tertiary/aromatic N) is 3. The fourth-order valence-electron chi connectivity index (χ4n) is 3.17. The second kappa shape index (κ2) is 6.00. The third kappa shape index (κ3) is 2.48. The summed E-state index contributed by atoms with van der Waals surface area (Å²) in [5, 5.41) is 28.2. The summed E-state index contributed by atoms with van der Waals surface area (Å²) in [6, 6.07) is 19.5. The molecule has 0 radical (unpaired) electrons. The summed E-state index contributed by atoms with van der Waals surface area (Å²) < 4.78 is 1.54. The Morgan fingerprint density at radius 2 is 1.77 bits per heavy atom. The second-order valence-corrected chi connectivity index (χ2v) is 6.01. The van der Waals surface area contributed by atoms with Crippen molar-refractivity contribution in [3.8, 4) is 22.7 Å². The molecule has 4 rings (SSSR count). The number of phenols is 1. The van der Waals surface area contributed by atoms with E-state index in [1.165, 1.54) is 10.7 Å². The van der Waals surface area contributed by atoms with E-state index in [1.54, 1.807) is 24.3 Å². The number of para-hydroxylation sites is 2. The van der Waals surface area contributed by atoms with Gasteiger partial charge in [-0.25, -0.2) is 4.68 Å². The molecule has 0 unspecified atom stereocenters. The van der Waals surface area contributed by atoms with Gasteiger partial charge >= 0.3 is 0 Å². The molecule has 0 saturated heterocycles. The van der Waals surface area contributed by atoms with Crippen LogP contribution in [0.15, 0.2) is 66.7 Å². The molecule has 6 heteroatoms. The molecule has 1 N–H and O–H groups in total. The van der Waals surface area contributed by atoms with Gasteiger partial charge in [0.05, 0.1) is 16.2 Å². The van der Waals surface area contributed by atoms with Crippen LogP contribution in [0, 0.1) is 17.0 Å². The van der Waals surface area contributed by atoms with Crippen molar-refractivity contribution in [3.05, 3.63) is 82.5 Å². The lowest BCUT2D eigenvalue weighted by Crippen LogP contribution is -2.03. The van der Waals surface area contributed by atoms with Crippen LogP contribution < -0.4 is 0 Å². The summed E-state index contributed by atoms with van der Waals surface area (Å²) in [5.74, 6) is 0.121. The average molecular weight is 345 g/mol. The summed E-state index contributed by atoms with van der Waals surface area (Å²) in [6.45, 7) is 1.83. The second-order valence-electron chi connectivity index (χ2n) is 6.01. The number of hydrogen-bond acceptors (Lipinski definition) is 4.